The third kappa shape index (κ3) is 35.2. The van der Waals surface area contributed by atoms with Crippen molar-refractivity contribution in [2.75, 3.05) is 26.4 Å². The molecule has 0 spiro atoms. The molecule has 1 aromatic carbocycles. The van der Waals surface area contributed by atoms with Crippen LogP contribution in [-0.4, -0.2) is 60.1 Å². The monoisotopic (exact) mass is 1000 g/mol. The normalized spacial score (nSPS) is 12.5. The summed E-state index contributed by atoms with van der Waals surface area (Å²) in [5.41, 5.74) is 0.366. The predicted octanol–water partition coefficient (Wildman–Crippen LogP) is 19.8. The number of hydrogen-bond donors (Lipinski definition) is 1. The molecule has 0 aliphatic carbocycles. The van der Waals surface area contributed by atoms with E-state index in [4.69, 9.17) is 18.3 Å². The number of phenolic OH excluding ortho intramolecular Hbond substituents is 1. The minimum absolute atomic E-state index is 0.136. The zero-order chi connectivity index (χ0) is 51.1. The molecule has 0 radical (unpaired) electrons. The van der Waals surface area contributed by atoms with Crippen molar-refractivity contribution in [2.24, 2.45) is 0 Å². The van der Waals surface area contributed by atoms with Crippen LogP contribution in [0.15, 0.2) is 18.2 Å². The number of benzene rings is 1. The molecule has 0 saturated heterocycles. The van der Waals surface area contributed by atoms with Crippen LogP contribution in [0.25, 0.3) is 0 Å². The molecule has 0 saturated carbocycles. The van der Waals surface area contributed by atoms with Crippen LogP contribution >= 0.6 is 0 Å². The van der Waals surface area contributed by atoms with Gasteiger partial charge >= 0.3 is 11.9 Å². The summed E-state index contributed by atoms with van der Waals surface area (Å²) in [6.45, 7) is 25.9. The Balaban J connectivity index is 1.92. The number of hydrogen-bond acceptors (Lipinski definition) is 7. The van der Waals surface area contributed by atoms with E-state index in [0.29, 0.717) is 23.3 Å². The van der Waals surface area contributed by atoms with Crippen LogP contribution in [0.5, 0.6) is 5.75 Å². The molecule has 0 aliphatic rings. The Hall–Kier alpha value is -1.69. The molecule has 69 heavy (non-hydrogen) atoms. The largest absolute Gasteiger partial charge is 0.508 e. The molecule has 0 aliphatic heterocycles. The number of aromatic hydroxyl groups is 1. The molecular weight excluding hydrogens is 889 g/mol. The lowest BCUT2D eigenvalue weighted by Crippen LogP contribution is -2.40. The SMILES string of the molecule is CC(C)(C)[Si](C)(C)OCCCCCCCCCCCCCCCCCCCCOC(=O)c1cc(O)cc(C(=O)OCCCCCCCCCCCCCCCCCCCCO[Si](C)(C)C(C)(C)C)c1. The van der Waals surface area contributed by atoms with Gasteiger partial charge in [0, 0.05) is 13.2 Å². The average Bonchev–Trinajstić information content (AvgIpc) is 3.28. The summed E-state index contributed by atoms with van der Waals surface area (Å²) >= 11 is 0. The lowest BCUT2D eigenvalue weighted by molar-refractivity contribution is 0.0495. The van der Waals surface area contributed by atoms with Crippen molar-refractivity contribution in [1.29, 1.82) is 0 Å². The van der Waals surface area contributed by atoms with Crippen LogP contribution in [0.2, 0.25) is 36.3 Å². The Morgan fingerprint density at radius 2 is 0.536 bits per heavy atom. The summed E-state index contributed by atoms with van der Waals surface area (Å²) in [4.78, 5) is 25.4. The molecule has 0 aromatic heterocycles. The first-order valence-electron chi connectivity index (χ1n) is 29.3. The zero-order valence-electron chi connectivity index (χ0n) is 47.4. The van der Waals surface area contributed by atoms with Gasteiger partial charge < -0.3 is 23.4 Å². The molecule has 9 heteroatoms. The van der Waals surface area contributed by atoms with Gasteiger partial charge in [0.05, 0.1) is 24.3 Å². The summed E-state index contributed by atoms with van der Waals surface area (Å²) in [5, 5.41) is 10.8. The highest BCUT2D eigenvalue weighted by atomic mass is 28.4. The summed E-state index contributed by atoms with van der Waals surface area (Å²) in [7, 11) is -3.15. The van der Waals surface area contributed by atoms with Crippen molar-refractivity contribution in [3.05, 3.63) is 29.3 Å². The molecule has 0 bridgehead atoms. The van der Waals surface area contributed by atoms with E-state index in [1.54, 1.807) is 0 Å². The first kappa shape index (κ1) is 65.3. The maximum absolute atomic E-state index is 12.7. The van der Waals surface area contributed by atoms with Gasteiger partial charge in [-0.15, -0.1) is 0 Å². The van der Waals surface area contributed by atoms with E-state index in [2.05, 4.69) is 67.7 Å². The highest BCUT2D eigenvalue weighted by Gasteiger charge is 2.37. The maximum Gasteiger partial charge on any atom is 0.338 e. The molecule has 0 amide bonds. The van der Waals surface area contributed by atoms with Crippen molar-refractivity contribution in [3.63, 3.8) is 0 Å². The number of rotatable bonds is 46. The number of phenols is 1. The van der Waals surface area contributed by atoms with Gasteiger partial charge in [0.25, 0.3) is 0 Å². The zero-order valence-corrected chi connectivity index (χ0v) is 49.4. The highest BCUT2D eigenvalue weighted by Crippen LogP contribution is 2.37. The van der Waals surface area contributed by atoms with Crippen molar-refractivity contribution < 1.29 is 33.0 Å². The number of esters is 2. The fourth-order valence-electron chi connectivity index (χ4n) is 8.50. The second kappa shape index (κ2) is 39.8. The number of carbonyl (C=O) groups is 2. The maximum atomic E-state index is 12.7. The van der Waals surface area contributed by atoms with Crippen LogP contribution in [0, 0.1) is 0 Å². The molecule has 1 N–H and O–H groups in total. The number of carbonyl (C=O) groups excluding carboxylic acids is 2. The van der Waals surface area contributed by atoms with Crippen LogP contribution in [0.1, 0.15) is 293 Å². The Labute approximate surface area is 430 Å². The van der Waals surface area contributed by atoms with E-state index in [9.17, 15) is 14.7 Å². The molecule has 1 aromatic rings. The van der Waals surface area contributed by atoms with E-state index < -0.39 is 28.6 Å². The van der Waals surface area contributed by atoms with Gasteiger partial charge in [0.2, 0.25) is 0 Å². The van der Waals surface area contributed by atoms with Crippen LogP contribution in [-0.2, 0) is 18.3 Å². The minimum atomic E-state index is -1.58. The van der Waals surface area contributed by atoms with Gasteiger partial charge in [-0.25, -0.2) is 9.59 Å². The van der Waals surface area contributed by atoms with Crippen LogP contribution in [0.4, 0.5) is 0 Å². The van der Waals surface area contributed by atoms with E-state index in [0.717, 1.165) is 51.7 Å². The molecule has 7 nitrogen and oxygen atoms in total. The van der Waals surface area contributed by atoms with Crippen molar-refractivity contribution >= 4 is 28.6 Å². The standard InChI is InChI=1S/C60H114O7Si2/c1-59(2,3)68(7,8)66-49-45-41-37-33-29-25-21-17-13-11-15-19-23-27-31-35-39-43-47-64-57(62)54-51-55(53-56(61)52-54)58(63)65-48-44-40-36-32-28-24-20-16-12-14-18-22-26-30-34-38-42-46-50-67-69(9,10)60(4,5)6/h51-53,61H,11-50H2,1-10H3. The molecule has 0 heterocycles. The fourth-order valence-corrected chi connectivity index (χ4v) is 10.7. The lowest BCUT2D eigenvalue weighted by Gasteiger charge is -2.36. The topological polar surface area (TPSA) is 91.3 Å². The van der Waals surface area contributed by atoms with E-state index >= 15 is 0 Å². The number of ether oxygens (including phenoxy) is 2. The molecule has 404 valence electrons. The summed E-state index contributed by atoms with van der Waals surface area (Å²) in [6.07, 6.45) is 46.2. The van der Waals surface area contributed by atoms with E-state index in [1.165, 1.54) is 211 Å². The third-order valence-corrected chi connectivity index (χ3v) is 24.5. The quantitative estimate of drug-likeness (QED) is 0.0395. The second-order valence-corrected chi connectivity index (χ2v) is 33.6. The van der Waals surface area contributed by atoms with Gasteiger partial charge in [-0.05, 0) is 80.1 Å². The molecular formula is C60H114O7Si2. The Bertz CT molecular complexity index is 1300. The lowest BCUT2D eigenvalue weighted by atomic mass is 10.0. The third-order valence-electron chi connectivity index (χ3n) is 15.5. The van der Waals surface area contributed by atoms with Gasteiger partial charge in [-0.3, -0.25) is 0 Å². The Morgan fingerprint density at radius 1 is 0.348 bits per heavy atom. The molecule has 0 unspecified atom stereocenters. The molecule has 0 atom stereocenters. The van der Waals surface area contributed by atoms with Crippen LogP contribution in [0.3, 0.4) is 0 Å². The summed E-state index contributed by atoms with van der Waals surface area (Å²) < 4.78 is 23.6. The molecule has 0 fully saturated rings. The van der Waals surface area contributed by atoms with Crippen molar-refractivity contribution in [1.82, 2.24) is 0 Å². The smallest absolute Gasteiger partial charge is 0.338 e. The first-order chi connectivity index (χ1) is 32.9. The average molecular weight is 1000 g/mol. The first-order valence-corrected chi connectivity index (χ1v) is 35.2. The van der Waals surface area contributed by atoms with Gasteiger partial charge in [0.1, 0.15) is 5.75 Å². The van der Waals surface area contributed by atoms with Crippen molar-refractivity contribution in [2.45, 2.75) is 309 Å². The molecule has 1 rings (SSSR count). The van der Waals surface area contributed by atoms with Gasteiger partial charge in [-0.2, -0.15) is 0 Å². The Kier molecular flexibility index (Phi) is 37.7. The van der Waals surface area contributed by atoms with E-state index in [-0.39, 0.29) is 16.9 Å². The summed E-state index contributed by atoms with van der Waals surface area (Å²) in [6, 6.07) is 4.18. The number of unbranched alkanes of at least 4 members (excludes halogenated alkanes) is 34. The second-order valence-electron chi connectivity index (χ2n) is 24.0. The fraction of sp³-hybridized carbons (Fsp3) is 0.867. The van der Waals surface area contributed by atoms with Gasteiger partial charge in [0.15, 0.2) is 16.6 Å². The van der Waals surface area contributed by atoms with Crippen molar-refractivity contribution in [3.8, 4) is 5.75 Å². The van der Waals surface area contributed by atoms with Crippen LogP contribution < -0.4 is 0 Å². The van der Waals surface area contributed by atoms with E-state index in [1.807, 2.05) is 0 Å². The van der Waals surface area contributed by atoms with Gasteiger partial charge in [-0.1, -0.05) is 247 Å². The predicted molar refractivity (Wildman–Crippen MR) is 301 cm³/mol. The highest BCUT2D eigenvalue weighted by molar-refractivity contribution is 6.74. The minimum Gasteiger partial charge on any atom is -0.508 e. The Morgan fingerprint density at radius 3 is 0.739 bits per heavy atom. The summed E-state index contributed by atoms with van der Waals surface area (Å²) in [5.74, 6) is -1.16.